The Morgan fingerprint density at radius 1 is 1.29 bits per heavy atom. The maximum absolute atomic E-state index is 11.1. The van der Waals surface area contributed by atoms with Crippen LogP contribution in [0.5, 0.6) is 0 Å². The average molecular weight is 196 g/mol. The number of esters is 1. The lowest BCUT2D eigenvalue weighted by Crippen LogP contribution is -2.22. The van der Waals surface area contributed by atoms with E-state index in [0.717, 1.165) is 12.8 Å². The lowest BCUT2D eigenvalue weighted by molar-refractivity contribution is -0.148. The van der Waals surface area contributed by atoms with Crippen LogP contribution in [-0.2, 0) is 9.53 Å². The van der Waals surface area contributed by atoms with Gasteiger partial charge in [-0.3, -0.25) is 0 Å². The predicted octanol–water partition coefficient (Wildman–Crippen LogP) is 3.24. The molecule has 0 aliphatic rings. The zero-order valence-electron chi connectivity index (χ0n) is 9.54. The second kappa shape index (κ2) is 6.41. The van der Waals surface area contributed by atoms with Crippen LogP contribution in [0.4, 0.5) is 0 Å². The Bertz CT molecular complexity index is 219. The van der Waals surface area contributed by atoms with E-state index < -0.39 is 5.60 Å². The van der Waals surface area contributed by atoms with Gasteiger partial charge in [-0.15, -0.1) is 0 Å². The van der Waals surface area contributed by atoms with Crippen molar-refractivity contribution in [3.63, 3.8) is 0 Å². The lowest BCUT2D eigenvalue weighted by atomic mass is 10.2. The van der Waals surface area contributed by atoms with Crippen molar-refractivity contribution in [3.8, 4) is 0 Å². The van der Waals surface area contributed by atoms with E-state index in [9.17, 15) is 4.79 Å². The monoisotopic (exact) mass is 196 g/mol. The smallest absolute Gasteiger partial charge is 0.331 e. The highest BCUT2D eigenvalue weighted by molar-refractivity contribution is 5.82. The summed E-state index contributed by atoms with van der Waals surface area (Å²) in [7, 11) is 0. The molecular formula is C12H20O2. The largest absolute Gasteiger partial charge is 0.457 e. The van der Waals surface area contributed by atoms with Gasteiger partial charge in [0.05, 0.1) is 0 Å². The topological polar surface area (TPSA) is 26.3 Å². The first kappa shape index (κ1) is 12.9. The molecule has 0 aromatic rings. The first-order chi connectivity index (χ1) is 6.45. The van der Waals surface area contributed by atoms with Gasteiger partial charge in [0.2, 0.25) is 0 Å². The molecule has 0 heterocycles. The van der Waals surface area contributed by atoms with Gasteiger partial charge >= 0.3 is 5.97 Å². The Kier molecular flexibility index (Phi) is 5.93. The van der Waals surface area contributed by atoms with Crippen LogP contribution >= 0.6 is 0 Å². The molecule has 0 rings (SSSR count). The molecule has 0 aromatic carbocycles. The minimum absolute atomic E-state index is 0.293. The zero-order valence-corrected chi connectivity index (χ0v) is 9.54. The highest BCUT2D eigenvalue weighted by Gasteiger charge is 2.13. The zero-order chi connectivity index (χ0) is 11.0. The van der Waals surface area contributed by atoms with Gasteiger partial charge in [0, 0.05) is 6.08 Å². The Morgan fingerprint density at radius 2 is 1.93 bits per heavy atom. The van der Waals surface area contributed by atoms with E-state index in [2.05, 4.69) is 6.92 Å². The minimum atomic E-state index is -0.408. The number of hydrogen-bond acceptors (Lipinski definition) is 2. The molecule has 0 atom stereocenters. The van der Waals surface area contributed by atoms with Crippen LogP contribution in [0, 0.1) is 0 Å². The maximum Gasteiger partial charge on any atom is 0.331 e. The van der Waals surface area contributed by atoms with Crippen LogP contribution < -0.4 is 0 Å². The molecule has 0 saturated heterocycles. The maximum atomic E-state index is 11.1. The van der Waals surface area contributed by atoms with Crippen LogP contribution in [0.2, 0.25) is 0 Å². The molecule has 0 aliphatic heterocycles. The van der Waals surface area contributed by atoms with Crippen molar-refractivity contribution in [3.05, 3.63) is 24.3 Å². The number of hydrogen-bond donors (Lipinski definition) is 0. The molecule has 0 amide bonds. The normalized spacial score (nSPS) is 12.6. The number of carbonyl (C=O) groups is 1. The quantitative estimate of drug-likeness (QED) is 0.392. The molecule has 14 heavy (non-hydrogen) atoms. The highest BCUT2D eigenvalue weighted by atomic mass is 16.6. The van der Waals surface area contributed by atoms with E-state index in [1.165, 1.54) is 6.08 Å². The fourth-order valence-electron chi connectivity index (χ4n) is 0.811. The standard InChI is InChI=1S/C12H20O2/c1-5-6-7-8-9-10-11(13)14-12(2,3)4/h7-10H,5-6H2,1-4H3/b8-7+,10-9+. The third-order valence-corrected chi connectivity index (χ3v) is 1.34. The Balaban J connectivity index is 3.83. The van der Waals surface area contributed by atoms with E-state index >= 15 is 0 Å². The van der Waals surface area contributed by atoms with E-state index in [-0.39, 0.29) is 5.97 Å². The summed E-state index contributed by atoms with van der Waals surface area (Å²) in [5, 5.41) is 0. The van der Waals surface area contributed by atoms with Gasteiger partial charge in [-0.2, -0.15) is 0 Å². The molecule has 0 radical (unpaired) electrons. The molecule has 2 nitrogen and oxygen atoms in total. The average Bonchev–Trinajstić information content (AvgIpc) is 2.00. The molecule has 0 fully saturated rings. The van der Waals surface area contributed by atoms with Crippen molar-refractivity contribution in [1.82, 2.24) is 0 Å². The molecule has 80 valence electrons. The number of carbonyl (C=O) groups excluding carboxylic acids is 1. The van der Waals surface area contributed by atoms with Gasteiger partial charge in [0.1, 0.15) is 5.60 Å². The van der Waals surface area contributed by atoms with Crippen molar-refractivity contribution in [2.75, 3.05) is 0 Å². The Hall–Kier alpha value is -1.05. The first-order valence-corrected chi connectivity index (χ1v) is 5.02. The lowest BCUT2D eigenvalue weighted by Gasteiger charge is -2.17. The molecule has 0 saturated carbocycles. The van der Waals surface area contributed by atoms with E-state index in [0.29, 0.717) is 0 Å². The minimum Gasteiger partial charge on any atom is -0.457 e. The number of ether oxygens (including phenoxy) is 1. The molecular weight excluding hydrogens is 176 g/mol. The molecule has 0 aromatic heterocycles. The van der Waals surface area contributed by atoms with Gasteiger partial charge in [0.25, 0.3) is 0 Å². The second-order valence-electron chi connectivity index (χ2n) is 4.11. The Morgan fingerprint density at radius 3 is 2.43 bits per heavy atom. The summed E-state index contributed by atoms with van der Waals surface area (Å²) in [6.07, 6.45) is 9.21. The van der Waals surface area contributed by atoms with Crippen LogP contribution in [0.25, 0.3) is 0 Å². The highest BCUT2D eigenvalue weighted by Crippen LogP contribution is 2.06. The second-order valence-corrected chi connectivity index (χ2v) is 4.11. The van der Waals surface area contributed by atoms with Crippen LogP contribution in [0.1, 0.15) is 40.5 Å². The fourth-order valence-corrected chi connectivity index (χ4v) is 0.811. The van der Waals surface area contributed by atoms with Crippen molar-refractivity contribution in [2.45, 2.75) is 46.1 Å². The fraction of sp³-hybridized carbons (Fsp3) is 0.583. The predicted molar refractivity (Wildman–Crippen MR) is 59.0 cm³/mol. The first-order valence-electron chi connectivity index (χ1n) is 5.02. The molecule has 0 unspecified atom stereocenters. The van der Waals surface area contributed by atoms with Gasteiger partial charge in [-0.1, -0.05) is 31.6 Å². The molecule has 0 bridgehead atoms. The molecule has 0 N–H and O–H groups in total. The van der Waals surface area contributed by atoms with Gasteiger partial charge in [-0.05, 0) is 27.2 Å². The van der Waals surface area contributed by atoms with E-state index in [4.69, 9.17) is 4.74 Å². The summed E-state index contributed by atoms with van der Waals surface area (Å²) in [4.78, 5) is 11.1. The van der Waals surface area contributed by atoms with Crippen molar-refractivity contribution in [1.29, 1.82) is 0 Å². The number of allylic oxidation sites excluding steroid dienone is 3. The third-order valence-electron chi connectivity index (χ3n) is 1.34. The summed E-state index contributed by atoms with van der Waals surface area (Å²) in [5.74, 6) is -0.293. The summed E-state index contributed by atoms with van der Waals surface area (Å²) < 4.78 is 5.08. The molecule has 0 aliphatic carbocycles. The summed E-state index contributed by atoms with van der Waals surface area (Å²) in [5.41, 5.74) is -0.408. The summed E-state index contributed by atoms with van der Waals surface area (Å²) >= 11 is 0. The van der Waals surface area contributed by atoms with E-state index in [1.807, 2.05) is 32.9 Å². The summed E-state index contributed by atoms with van der Waals surface area (Å²) in [6.45, 7) is 7.67. The number of rotatable bonds is 4. The Labute approximate surface area is 86.6 Å². The van der Waals surface area contributed by atoms with E-state index in [1.54, 1.807) is 6.08 Å². The van der Waals surface area contributed by atoms with Crippen molar-refractivity contribution in [2.24, 2.45) is 0 Å². The molecule has 0 spiro atoms. The van der Waals surface area contributed by atoms with Crippen LogP contribution in [0.3, 0.4) is 0 Å². The van der Waals surface area contributed by atoms with Crippen LogP contribution in [-0.4, -0.2) is 11.6 Å². The van der Waals surface area contributed by atoms with Gasteiger partial charge in [0.15, 0.2) is 0 Å². The van der Waals surface area contributed by atoms with Gasteiger partial charge in [-0.25, -0.2) is 4.79 Å². The van der Waals surface area contributed by atoms with Crippen molar-refractivity contribution < 1.29 is 9.53 Å². The third kappa shape index (κ3) is 9.04. The number of unbranched alkanes of at least 4 members (excludes halogenated alkanes) is 1. The SMILES string of the molecule is CCC/C=C/C=C/C(=O)OC(C)(C)C. The van der Waals surface area contributed by atoms with Crippen molar-refractivity contribution >= 4 is 5.97 Å². The summed E-state index contributed by atoms with van der Waals surface area (Å²) in [6, 6.07) is 0. The van der Waals surface area contributed by atoms with Crippen LogP contribution in [0.15, 0.2) is 24.3 Å². The molecule has 2 heteroatoms. The van der Waals surface area contributed by atoms with Gasteiger partial charge < -0.3 is 4.74 Å².